The molecule has 130 valence electrons. The second-order valence-corrected chi connectivity index (χ2v) is 7.58. The van der Waals surface area contributed by atoms with E-state index in [0.29, 0.717) is 6.54 Å². The van der Waals surface area contributed by atoms with Crippen LogP contribution in [0.2, 0.25) is 0 Å². The van der Waals surface area contributed by atoms with Crippen molar-refractivity contribution in [1.29, 1.82) is 0 Å². The first kappa shape index (κ1) is 16.9. The van der Waals surface area contributed by atoms with Crippen LogP contribution >= 0.6 is 23.1 Å². The number of allylic oxidation sites excluding steroid dienone is 1. The third kappa shape index (κ3) is 3.13. The van der Waals surface area contributed by atoms with Crippen LogP contribution in [-0.2, 0) is 13.0 Å². The number of hydrogen-bond acceptors (Lipinski definition) is 7. The predicted octanol–water partition coefficient (Wildman–Crippen LogP) is 4.24. The molecule has 0 aliphatic heterocycles. The highest BCUT2D eigenvalue weighted by molar-refractivity contribution is 7.99. The summed E-state index contributed by atoms with van der Waals surface area (Å²) in [6.07, 6.45) is 7.94. The highest BCUT2D eigenvalue weighted by Crippen LogP contribution is 2.35. The fourth-order valence-corrected chi connectivity index (χ4v) is 4.49. The van der Waals surface area contributed by atoms with Crippen LogP contribution in [0, 0.1) is 0 Å². The summed E-state index contributed by atoms with van der Waals surface area (Å²) in [4.78, 5) is 15.2. The lowest BCUT2D eigenvalue weighted by molar-refractivity contribution is 0.730. The smallest absolute Gasteiger partial charge is 0.198 e. The minimum absolute atomic E-state index is 0.616. The van der Waals surface area contributed by atoms with Gasteiger partial charge in [-0.3, -0.25) is 9.55 Å². The van der Waals surface area contributed by atoms with Crippen molar-refractivity contribution in [3.63, 3.8) is 0 Å². The summed E-state index contributed by atoms with van der Waals surface area (Å²) in [5.41, 5.74) is 0.970. The number of aromatic nitrogens is 6. The average Bonchev–Trinajstić information content (AvgIpc) is 3.28. The van der Waals surface area contributed by atoms with E-state index >= 15 is 0 Å². The zero-order chi connectivity index (χ0) is 17.9. The minimum atomic E-state index is 0.616. The maximum Gasteiger partial charge on any atom is 0.198 e. The summed E-state index contributed by atoms with van der Waals surface area (Å²) in [6, 6.07) is 6.01. The Labute approximate surface area is 159 Å². The van der Waals surface area contributed by atoms with Crippen LogP contribution in [0.3, 0.4) is 0 Å². The average molecular weight is 381 g/mol. The molecule has 0 radical (unpaired) electrons. The van der Waals surface area contributed by atoms with Gasteiger partial charge in [-0.15, -0.1) is 28.1 Å². The lowest BCUT2D eigenvalue weighted by Gasteiger charge is -2.07. The van der Waals surface area contributed by atoms with Gasteiger partial charge in [0, 0.05) is 34.8 Å². The van der Waals surface area contributed by atoms with Crippen molar-refractivity contribution in [2.24, 2.45) is 0 Å². The largest absolute Gasteiger partial charge is 0.298 e. The molecule has 0 saturated carbocycles. The van der Waals surface area contributed by atoms with E-state index in [9.17, 15) is 0 Å². The van der Waals surface area contributed by atoms with Crippen molar-refractivity contribution in [1.82, 2.24) is 29.7 Å². The van der Waals surface area contributed by atoms with Crippen molar-refractivity contribution in [3.05, 3.63) is 54.5 Å². The fraction of sp³-hybridized carbons (Fsp3) is 0.167. The number of fused-ring (bicyclic) bond motifs is 1. The predicted molar refractivity (Wildman–Crippen MR) is 104 cm³/mol. The Morgan fingerprint density at radius 1 is 1.23 bits per heavy atom. The molecular formula is C18H16N6S2. The topological polar surface area (TPSA) is 69.4 Å². The van der Waals surface area contributed by atoms with Gasteiger partial charge in [0.2, 0.25) is 0 Å². The van der Waals surface area contributed by atoms with Gasteiger partial charge in [-0.25, -0.2) is 9.97 Å². The normalized spacial score (nSPS) is 11.1. The quantitative estimate of drug-likeness (QED) is 0.368. The van der Waals surface area contributed by atoms with Crippen LogP contribution in [0.5, 0.6) is 0 Å². The van der Waals surface area contributed by atoms with Crippen molar-refractivity contribution >= 4 is 33.3 Å². The van der Waals surface area contributed by atoms with Crippen molar-refractivity contribution in [2.45, 2.75) is 30.1 Å². The Balaban J connectivity index is 1.76. The molecule has 0 aliphatic carbocycles. The summed E-state index contributed by atoms with van der Waals surface area (Å²) < 4.78 is 2.04. The number of thiophene rings is 1. The maximum absolute atomic E-state index is 4.47. The Morgan fingerprint density at radius 3 is 2.85 bits per heavy atom. The lowest BCUT2D eigenvalue weighted by atomic mass is 10.2. The van der Waals surface area contributed by atoms with Gasteiger partial charge < -0.3 is 0 Å². The standard InChI is InChI=1S/C18H16N6S2/c1-3-9-24-15(12-5-7-19-8-6-12)22-23-18(24)26-17-14-10-13(4-2)25-16(14)20-11-21-17/h3,5-8,10-11H,1,4,9H2,2H3. The van der Waals surface area contributed by atoms with Gasteiger partial charge in [-0.1, -0.05) is 13.0 Å². The highest BCUT2D eigenvalue weighted by atomic mass is 32.2. The fourth-order valence-electron chi connectivity index (χ4n) is 2.60. The lowest BCUT2D eigenvalue weighted by Crippen LogP contribution is -2.00. The molecule has 8 heteroatoms. The molecule has 4 heterocycles. The van der Waals surface area contributed by atoms with E-state index < -0.39 is 0 Å². The molecule has 4 rings (SSSR count). The molecule has 0 aromatic carbocycles. The van der Waals surface area contributed by atoms with Crippen LogP contribution in [0.25, 0.3) is 21.6 Å². The van der Waals surface area contributed by atoms with E-state index in [1.165, 1.54) is 16.6 Å². The zero-order valence-corrected chi connectivity index (χ0v) is 15.8. The third-order valence-corrected chi connectivity index (χ3v) is 6.04. The van der Waals surface area contributed by atoms with Gasteiger partial charge in [0.1, 0.15) is 16.2 Å². The summed E-state index contributed by atoms with van der Waals surface area (Å²) in [5, 5.41) is 11.5. The summed E-state index contributed by atoms with van der Waals surface area (Å²) in [5.74, 6) is 0.791. The number of aryl methyl sites for hydroxylation is 1. The summed E-state index contributed by atoms with van der Waals surface area (Å²) in [6.45, 7) is 6.62. The zero-order valence-electron chi connectivity index (χ0n) is 14.2. The SMILES string of the molecule is C=CCn1c(Sc2ncnc3sc(CC)cc23)nnc1-c1ccncc1. The van der Waals surface area contributed by atoms with E-state index in [4.69, 9.17) is 0 Å². The molecule has 0 spiro atoms. The second-order valence-electron chi connectivity index (χ2n) is 5.51. The molecule has 0 aliphatic rings. The number of pyridine rings is 1. The van der Waals surface area contributed by atoms with Crippen LogP contribution in [0.15, 0.2) is 59.8 Å². The van der Waals surface area contributed by atoms with E-state index in [2.05, 4.69) is 44.7 Å². The molecule has 0 fully saturated rings. The van der Waals surface area contributed by atoms with Crippen molar-refractivity contribution in [3.8, 4) is 11.4 Å². The van der Waals surface area contributed by atoms with Crippen LogP contribution in [0.1, 0.15) is 11.8 Å². The second kappa shape index (κ2) is 7.35. The molecule has 0 unspecified atom stereocenters. The summed E-state index contributed by atoms with van der Waals surface area (Å²) >= 11 is 3.21. The molecule has 26 heavy (non-hydrogen) atoms. The first-order chi connectivity index (χ1) is 12.8. The van der Waals surface area contributed by atoms with Crippen LogP contribution in [-0.4, -0.2) is 29.7 Å². The van der Waals surface area contributed by atoms with E-state index in [1.807, 2.05) is 22.8 Å². The molecule has 0 bridgehead atoms. The highest BCUT2D eigenvalue weighted by Gasteiger charge is 2.17. The van der Waals surface area contributed by atoms with Crippen LogP contribution < -0.4 is 0 Å². The van der Waals surface area contributed by atoms with Gasteiger partial charge in [0.25, 0.3) is 0 Å². The monoisotopic (exact) mass is 380 g/mol. The van der Waals surface area contributed by atoms with Gasteiger partial charge in [0.05, 0.1) is 0 Å². The molecular weight excluding hydrogens is 364 g/mol. The Kier molecular flexibility index (Phi) is 4.77. The van der Waals surface area contributed by atoms with Gasteiger partial charge in [-0.05, 0) is 36.4 Å². The number of hydrogen-bond donors (Lipinski definition) is 0. The molecule has 0 N–H and O–H groups in total. The van der Waals surface area contributed by atoms with Gasteiger partial charge >= 0.3 is 0 Å². The Bertz CT molecular complexity index is 1050. The first-order valence-corrected chi connectivity index (χ1v) is 9.79. The Morgan fingerprint density at radius 2 is 2.08 bits per heavy atom. The van der Waals surface area contributed by atoms with E-state index in [0.717, 1.165) is 38.2 Å². The summed E-state index contributed by atoms with van der Waals surface area (Å²) in [7, 11) is 0. The number of rotatable bonds is 6. The van der Waals surface area contributed by atoms with Gasteiger partial charge in [0.15, 0.2) is 11.0 Å². The van der Waals surface area contributed by atoms with Crippen molar-refractivity contribution in [2.75, 3.05) is 0 Å². The maximum atomic E-state index is 4.47. The molecule has 4 aromatic heterocycles. The van der Waals surface area contributed by atoms with Crippen molar-refractivity contribution < 1.29 is 0 Å². The van der Waals surface area contributed by atoms with Gasteiger partial charge in [-0.2, -0.15) is 0 Å². The molecule has 0 atom stereocenters. The minimum Gasteiger partial charge on any atom is -0.298 e. The van der Waals surface area contributed by atoms with Crippen LogP contribution in [0.4, 0.5) is 0 Å². The third-order valence-electron chi connectivity index (χ3n) is 3.85. The molecule has 6 nitrogen and oxygen atoms in total. The molecule has 0 amide bonds. The number of nitrogens with zero attached hydrogens (tertiary/aromatic N) is 6. The first-order valence-electron chi connectivity index (χ1n) is 8.16. The Hall–Kier alpha value is -2.58. The van der Waals surface area contributed by atoms with E-state index in [-0.39, 0.29) is 0 Å². The molecule has 0 saturated heterocycles. The molecule has 4 aromatic rings. The van der Waals surface area contributed by atoms with E-state index in [1.54, 1.807) is 30.1 Å².